The number of hydrogen-bond acceptors (Lipinski definition) is 3. The third kappa shape index (κ3) is 1.30. The highest BCUT2D eigenvalue weighted by Gasteiger charge is 2.43. The van der Waals surface area contributed by atoms with E-state index in [4.69, 9.17) is 9.47 Å². The van der Waals surface area contributed by atoms with Crippen molar-refractivity contribution in [2.75, 3.05) is 24.7 Å². The molecule has 0 aliphatic carbocycles. The molecule has 2 saturated heterocycles. The van der Waals surface area contributed by atoms with Crippen molar-refractivity contribution in [3.63, 3.8) is 0 Å². The summed E-state index contributed by atoms with van der Waals surface area (Å²) in [5, 5.41) is 0. The first-order valence-electron chi connectivity index (χ1n) is 4.19. The van der Waals surface area contributed by atoms with Crippen LogP contribution in [0.4, 0.5) is 0 Å². The van der Waals surface area contributed by atoms with Crippen molar-refractivity contribution < 1.29 is 9.47 Å². The maximum absolute atomic E-state index is 5.66. The molecule has 1 atom stereocenters. The Hall–Kier alpha value is 0.270. The molecule has 3 heteroatoms. The van der Waals surface area contributed by atoms with E-state index in [1.807, 2.05) is 11.8 Å². The second-order valence-corrected chi connectivity index (χ2v) is 4.38. The van der Waals surface area contributed by atoms with Gasteiger partial charge in [-0.15, -0.1) is 0 Å². The van der Waals surface area contributed by atoms with Crippen LogP contribution in [0.15, 0.2) is 0 Å². The molecule has 2 heterocycles. The zero-order valence-electron chi connectivity index (χ0n) is 6.84. The van der Waals surface area contributed by atoms with Crippen LogP contribution in [0.2, 0.25) is 0 Å². The van der Waals surface area contributed by atoms with E-state index in [0.717, 1.165) is 19.6 Å². The second-order valence-electron chi connectivity index (χ2n) is 3.23. The first-order chi connectivity index (χ1) is 5.33. The van der Waals surface area contributed by atoms with Gasteiger partial charge < -0.3 is 9.47 Å². The van der Waals surface area contributed by atoms with Crippen molar-refractivity contribution in [1.82, 2.24) is 0 Å². The average molecular weight is 174 g/mol. The van der Waals surface area contributed by atoms with Gasteiger partial charge in [0.15, 0.2) is 5.79 Å². The molecule has 2 aliphatic rings. The lowest BCUT2D eigenvalue weighted by Gasteiger charge is -2.36. The molecule has 0 bridgehead atoms. The van der Waals surface area contributed by atoms with Crippen molar-refractivity contribution >= 4 is 11.8 Å². The van der Waals surface area contributed by atoms with Crippen LogP contribution < -0.4 is 0 Å². The molecule has 2 rings (SSSR count). The molecule has 1 spiro atoms. The highest BCUT2D eigenvalue weighted by molar-refractivity contribution is 7.99. The topological polar surface area (TPSA) is 18.5 Å². The Labute approximate surface area is 71.6 Å². The van der Waals surface area contributed by atoms with Gasteiger partial charge in [-0.05, 0) is 5.75 Å². The van der Waals surface area contributed by atoms with E-state index in [9.17, 15) is 0 Å². The van der Waals surface area contributed by atoms with Crippen molar-refractivity contribution in [3.05, 3.63) is 0 Å². The van der Waals surface area contributed by atoms with Gasteiger partial charge in [-0.3, -0.25) is 0 Å². The number of rotatable bonds is 0. The maximum atomic E-state index is 5.66. The summed E-state index contributed by atoms with van der Waals surface area (Å²) in [6.45, 7) is 3.79. The summed E-state index contributed by atoms with van der Waals surface area (Å²) < 4.78 is 11.3. The molecular formula is C8H14O2S. The van der Waals surface area contributed by atoms with Gasteiger partial charge >= 0.3 is 0 Å². The minimum atomic E-state index is -0.189. The quantitative estimate of drug-likeness (QED) is 0.554. The lowest BCUT2D eigenvalue weighted by molar-refractivity contribution is -0.189. The minimum absolute atomic E-state index is 0.189. The Morgan fingerprint density at radius 3 is 2.73 bits per heavy atom. The van der Waals surface area contributed by atoms with Gasteiger partial charge in [0.1, 0.15) is 0 Å². The zero-order valence-corrected chi connectivity index (χ0v) is 7.65. The van der Waals surface area contributed by atoms with E-state index in [-0.39, 0.29) is 5.79 Å². The average Bonchev–Trinajstić information content (AvgIpc) is 2.46. The van der Waals surface area contributed by atoms with E-state index in [0.29, 0.717) is 5.92 Å². The molecule has 0 aromatic rings. The molecule has 0 aromatic carbocycles. The van der Waals surface area contributed by atoms with Gasteiger partial charge in [-0.2, -0.15) is 11.8 Å². The summed E-state index contributed by atoms with van der Waals surface area (Å²) in [6, 6.07) is 0. The lowest BCUT2D eigenvalue weighted by Crippen LogP contribution is -2.42. The van der Waals surface area contributed by atoms with Gasteiger partial charge in [0.05, 0.1) is 13.2 Å². The van der Waals surface area contributed by atoms with Gasteiger partial charge in [-0.25, -0.2) is 0 Å². The van der Waals surface area contributed by atoms with Crippen LogP contribution in [0.3, 0.4) is 0 Å². The predicted octanol–water partition coefficient (Wildman–Crippen LogP) is 1.50. The Kier molecular flexibility index (Phi) is 2.12. The van der Waals surface area contributed by atoms with E-state index >= 15 is 0 Å². The lowest BCUT2D eigenvalue weighted by atomic mass is 10.00. The van der Waals surface area contributed by atoms with E-state index in [1.165, 1.54) is 11.5 Å². The second kappa shape index (κ2) is 2.96. The first-order valence-corrected chi connectivity index (χ1v) is 5.35. The van der Waals surface area contributed by atoms with Crippen molar-refractivity contribution in [2.45, 2.75) is 19.1 Å². The Bertz CT molecular complexity index is 143. The summed E-state index contributed by atoms with van der Waals surface area (Å²) in [5.41, 5.74) is 0. The molecule has 0 amide bonds. The molecule has 1 unspecified atom stereocenters. The highest BCUT2D eigenvalue weighted by atomic mass is 32.2. The summed E-state index contributed by atoms with van der Waals surface area (Å²) in [5.74, 6) is 2.74. The van der Waals surface area contributed by atoms with Gasteiger partial charge in [0.25, 0.3) is 0 Å². The SMILES string of the molecule is CC1CSCCC12OCCO2. The molecule has 2 aliphatic heterocycles. The van der Waals surface area contributed by atoms with E-state index < -0.39 is 0 Å². The minimum Gasteiger partial charge on any atom is -0.347 e. The fourth-order valence-electron chi connectivity index (χ4n) is 1.75. The van der Waals surface area contributed by atoms with Crippen molar-refractivity contribution in [3.8, 4) is 0 Å². The van der Waals surface area contributed by atoms with E-state index in [2.05, 4.69) is 6.92 Å². The van der Waals surface area contributed by atoms with Gasteiger partial charge in [-0.1, -0.05) is 6.92 Å². The normalized spacial score (nSPS) is 36.3. The molecule has 2 fully saturated rings. The molecule has 0 radical (unpaired) electrons. The van der Waals surface area contributed by atoms with Crippen molar-refractivity contribution in [2.24, 2.45) is 5.92 Å². The number of thioether (sulfide) groups is 1. The first kappa shape index (κ1) is 7.90. The van der Waals surface area contributed by atoms with Crippen molar-refractivity contribution in [1.29, 1.82) is 0 Å². The molecule has 2 nitrogen and oxygen atoms in total. The zero-order chi connectivity index (χ0) is 7.73. The molecule has 11 heavy (non-hydrogen) atoms. The summed E-state index contributed by atoms with van der Waals surface area (Å²) >= 11 is 2.00. The Morgan fingerprint density at radius 2 is 2.09 bits per heavy atom. The molecule has 0 saturated carbocycles. The van der Waals surface area contributed by atoms with Crippen LogP contribution in [-0.2, 0) is 9.47 Å². The van der Waals surface area contributed by atoms with Crippen LogP contribution in [-0.4, -0.2) is 30.5 Å². The number of ether oxygens (including phenoxy) is 2. The number of hydrogen-bond donors (Lipinski definition) is 0. The standard InChI is InChI=1S/C8H14O2S/c1-7-6-11-5-2-8(7)9-3-4-10-8/h7H,2-6H2,1H3. The smallest absolute Gasteiger partial charge is 0.172 e. The fraction of sp³-hybridized carbons (Fsp3) is 1.00. The van der Waals surface area contributed by atoms with E-state index in [1.54, 1.807) is 0 Å². The summed E-state index contributed by atoms with van der Waals surface area (Å²) in [6.07, 6.45) is 1.07. The van der Waals surface area contributed by atoms with Crippen LogP contribution in [0.1, 0.15) is 13.3 Å². The fourth-order valence-corrected chi connectivity index (χ4v) is 2.95. The van der Waals surface area contributed by atoms with Crippen LogP contribution in [0.25, 0.3) is 0 Å². The third-order valence-corrected chi connectivity index (χ3v) is 3.72. The molecule has 0 aromatic heterocycles. The maximum Gasteiger partial charge on any atom is 0.172 e. The monoisotopic (exact) mass is 174 g/mol. The van der Waals surface area contributed by atoms with Crippen LogP contribution in [0.5, 0.6) is 0 Å². The highest BCUT2D eigenvalue weighted by Crippen LogP contribution is 2.38. The van der Waals surface area contributed by atoms with Gasteiger partial charge in [0.2, 0.25) is 0 Å². The third-order valence-electron chi connectivity index (χ3n) is 2.49. The van der Waals surface area contributed by atoms with Crippen LogP contribution >= 0.6 is 11.8 Å². The predicted molar refractivity (Wildman–Crippen MR) is 45.7 cm³/mol. The van der Waals surface area contributed by atoms with Gasteiger partial charge in [0, 0.05) is 18.1 Å². The molecule has 64 valence electrons. The summed E-state index contributed by atoms with van der Waals surface area (Å²) in [7, 11) is 0. The summed E-state index contributed by atoms with van der Waals surface area (Å²) in [4.78, 5) is 0. The molecular weight excluding hydrogens is 160 g/mol. The Morgan fingerprint density at radius 1 is 1.36 bits per heavy atom. The Balaban J connectivity index is 2.07. The van der Waals surface area contributed by atoms with Crippen LogP contribution in [0, 0.1) is 5.92 Å². The largest absolute Gasteiger partial charge is 0.347 e. The molecule has 0 N–H and O–H groups in total.